The van der Waals surface area contributed by atoms with E-state index in [-0.39, 0.29) is 28.9 Å². The molecule has 0 radical (unpaired) electrons. The van der Waals surface area contributed by atoms with Crippen molar-refractivity contribution in [3.05, 3.63) is 41.7 Å². The summed E-state index contributed by atoms with van der Waals surface area (Å²) in [7, 11) is -1.68. The van der Waals surface area contributed by atoms with E-state index in [9.17, 15) is 13.8 Å². The molecule has 3 atom stereocenters. The average Bonchev–Trinajstić information content (AvgIpc) is 2.87. The highest BCUT2D eigenvalue weighted by Gasteiger charge is 2.57. The van der Waals surface area contributed by atoms with Crippen LogP contribution < -0.4 is 15.4 Å². The quantitative estimate of drug-likeness (QED) is 0.557. The number of halogens is 1. The number of methoxy groups -OCH3 is 1. The summed E-state index contributed by atoms with van der Waals surface area (Å²) >= 11 is 0. The molecule has 2 N–H and O–H groups in total. The lowest BCUT2D eigenvalue weighted by Crippen LogP contribution is -2.62. The van der Waals surface area contributed by atoms with Gasteiger partial charge in [-0.15, -0.1) is 0 Å². The number of carbonyl (C=O) groups excluding carboxylic acids is 2. The molecule has 4 rings (SSSR count). The molecule has 0 fully saturated rings. The van der Waals surface area contributed by atoms with E-state index in [1.807, 2.05) is 0 Å². The molecule has 14 heteroatoms. The number of hydrogen-bond donors (Lipinski definition) is 2. The van der Waals surface area contributed by atoms with Crippen LogP contribution in [-0.4, -0.2) is 66.2 Å². The van der Waals surface area contributed by atoms with Crippen LogP contribution >= 0.6 is 0 Å². The van der Waals surface area contributed by atoms with Crippen LogP contribution in [0.4, 0.5) is 15.0 Å². The molecule has 0 spiro atoms. The standard InChI is InChI=1S/C26H34FN7O5S/c1-24(2,3)39-23(36)33-22-25(4,5)40(37)17(9-8-12-30-40)26(6,34-22)20-15(27)10-11-18(31-20)32-21(35)16-13-29-19(38-7)14-28-16/h10-11,13-14,17H,8-9,12H2,1-7H3,(H,31,32,35)(H,33,34,36)/t17-,26-,40+/m0/s1. The first-order chi connectivity index (χ1) is 18.6. The van der Waals surface area contributed by atoms with Crippen LogP contribution in [-0.2, 0) is 20.0 Å². The fourth-order valence-corrected chi connectivity index (χ4v) is 8.04. The summed E-state index contributed by atoms with van der Waals surface area (Å²) in [5.74, 6) is -1.01. The maximum Gasteiger partial charge on any atom is 0.413 e. The fourth-order valence-electron chi connectivity index (χ4n) is 4.78. The Balaban J connectivity index is 1.78. The zero-order valence-electron chi connectivity index (χ0n) is 23.6. The number of pyridine rings is 1. The van der Waals surface area contributed by atoms with E-state index in [4.69, 9.17) is 14.5 Å². The number of amidine groups is 1. The van der Waals surface area contributed by atoms with Crippen molar-refractivity contribution in [3.63, 3.8) is 0 Å². The predicted octanol–water partition coefficient (Wildman–Crippen LogP) is 3.83. The van der Waals surface area contributed by atoms with Crippen molar-refractivity contribution in [1.82, 2.24) is 20.3 Å². The van der Waals surface area contributed by atoms with Crippen LogP contribution in [0.15, 0.2) is 33.9 Å². The number of amides is 2. The van der Waals surface area contributed by atoms with Crippen LogP contribution in [0, 0.1) is 5.82 Å². The molecule has 2 aromatic rings. The Kier molecular flexibility index (Phi) is 7.60. The molecule has 2 aliphatic heterocycles. The summed E-state index contributed by atoms with van der Waals surface area (Å²) in [6.45, 7) is 10.5. The van der Waals surface area contributed by atoms with Crippen LogP contribution in [0.1, 0.15) is 70.6 Å². The van der Waals surface area contributed by atoms with E-state index in [2.05, 4.69) is 29.9 Å². The van der Waals surface area contributed by atoms with Gasteiger partial charge in [-0.25, -0.2) is 32.7 Å². The maximum absolute atomic E-state index is 15.5. The van der Waals surface area contributed by atoms with Gasteiger partial charge in [-0.2, -0.15) is 0 Å². The van der Waals surface area contributed by atoms with E-state index in [0.29, 0.717) is 19.4 Å². The number of aromatic nitrogens is 3. The Hall–Kier alpha value is -3.68. The van der Waals surface area contributed by atoms with Crippen molar-refractivity contribution < 1.29 is 27.7 Å². The Morgan fingerprint density at radius 2 is 1.85 bits per heavy atom. The van der Waals surface area contributed by atoms with Gasteiger partial charge in [-0.05, 0) is 66.5 Å². The van der Waals surface area contributed by atoms with Gasteiger partial charge in [-0.3, -0.25) is 15.1 Å². The summed E-state index contributed by atoms with van der Waals surface area (Å²) in [5, 5.41) is 4.53. The molecule has 0 saturated heterocycles. The molecule has 40 heavy (non-hydrogen) atoms. The van der Waals surface area contributed by atoms with Crippen molar-refractivity contribution in [2.45, 2.75) is 75.5 Å². The number of anilines is 1. The summed E-state index contributed by atoms with van der Waals surface area (Å²) in [6, 6.07) is 2.46. The number of aliphatic imine (C=N–C) groups is 1. The lowest BCUT2D eigenvalue weighted by Gasteiger charge is -2.48. The van der Waals surface area contributed by atoms with Crippen LogP contribution in [0.5, 0.6) is 5.88 Å². The molecule has 0 unspecified atom stereocenters. The number of nitrogens with zero attached hydrogens (tertiary/aromatic N) is 5. The maximum atomic E-state index is 15.5. The molecule has 0 bridgehead atoms. The SMILES string of the molecule is COc1cnc(C(=O)Nc2ccc(F)c([C@@]3(C)N=C(NC(=O)OC(C)(C)C)C(C)(C)[S@@]4(=O)=NCCC[C@@H]34)n2)cn1. The Morgan fingerprint density at radius 1 is 1.12 bits per heavy atom. The highest BCUT2D eigenvalue weighted by molar-refractivity contribution is 7.96. The first kappa shape index (κ1) is 29.3. The van der Waals surface area contributed by atoms with E-state index < -0.39 is 48.7 Å². The third kappa shape index (κ3) is 5.36. The molecule has 0 saturated carbocycles. The zero-order chi connectivity index (χ0) is 29.5. The number of hydrogen-bond acceptors (Lipinski definition) is 10. The predicted molar refractivity (Wildman–Crippen MR) is 147 cm³/mol. The first-order valence-electron chi connectivity index (χ1n) is 12.8. The largest absolute Gasteiger partial charge is 0.480 e. The van der Waals surface area contributed by atoms with E-state index in [0.717, 1.165) is 6.07 Å². The minimum atomic E-state index is -3.11. The van der Waals surface area contributed by atoms with Crippen molar-refractivity contribution in [3.8, 4) is 5.88 Å². The Morgan fingerprint density at radius 3 is 2.48 bits per heavy atom. The highest BCUT2D eigenvalue weighted by atomic mass is 32.2. The summed E-state index contributed by atoms with van der Waals surface area (Å²) < 4.78 is 43.9. The second kappa shape index (κ2) is 10.4. The second-order valence-corrected chi connectivity index (χ2v) is 14.2. The van der Waals surface area contributed by atoms with Crippen molar-refractivity contribution in [1.29, 1.82) is 0 Å². The minimum absolute atomic E-state index is 0.00456. The Labute approximate surface area is 232 Å². The average molecular weight is 576 g/mol. The third-order valence-electron chi connectivity index (χ3n) is 6.82. The summed E-state index contributed by atoms with van der Waals surface area (Å²) in [6.07, 6.45) is 2.83. The molecule has 0 aromatic carbocycles. The molecule has 4 heterocycles. The smallest absolute Gasteiger partial charge is 0.413 e. The number of ether oxygens (including phenoxy) is 2. The number of nitrogens with one attached hydrogen (secondary N) is 2. The summed E-state index contributed by atoms with van der Waals surface area (Å²) in [5.41, 5.74) is -2.43. The zero-order valence-corrected chi connectivity index (χ0v) is 24.4. The van der Waals surface area contributed by atoms with Gasteiger partial charge >= 0.3 is 6.09 Å². The van der Waals surface area contributed by atoms with Crippen molar-refractivity contribution in [2.75, 3.05) is 19.0 Å². The third-order valence-corrected chi connectivity index (χ3v) is 10.5. The van der Waals surface area contributed by atoms with Gasteiger partial charge in [0, 0.05) is 6.54 Å². The van der Waals surface area contributed by atoms with Crippen molar-refractivity contribution >= 4 is 33.4 Å². The molecule has 2 aromatic heterocycles. The Bertz CT molecular complexity index is 1480. The van der Waals surface area contributed by atoms with Crippen LogP contribution in [0.3, 0.4) is 0 Å². The highest BCUT2D eigenvalue weighted by Crippen LogP contribution is 2.47. The van der Waals surface area contributed by atoms with Crippen molar-refractivity contribution in [2.24, 2.45) is 9.36 Å². The molecule has 0 aliphatic carbocycles. The molecular formula is C26H34FN7O5S. The molecule has 12 nitrogen and oxygen atoms in total. The van der Waals surface area contributed by atoms with E-state index in [1.165, 1.54) is 25.6 Å². The van der Waals surface area contributed by atoms with Gasteiger partial charge in [0.05, 0.1) is 34.5 Å². The number of rotatable bonds is 4. The molecule has 2 aliphatic rings. The summed E-state index contributed by atoms with van der Waals surface area (Å²) in [4.78, 5) is 42.7. The fraction of sp³-hybridized carbons (Fsp3) is 0.538. The van der Waals surface area contributed by atoms with Crippen LogP contribution in [0.2, 0.25) is 0 Å². The molecular weight excluding hydrogens is 541 g/mol. The number of fused-ring (bicyclic) bond motifs is 1. The van der Waals surface area contributed by atoms with Gasteiger partial charge < -0.3 is 14.8 Å². The lowest BCUT2D eigenvalue weighted by atomic mass is 9.89. The van der Waals surface area contributed by atoms with Gasteiger partial charge in [-0.1, -0.05) is 0 Å². The van der Waals surface area contributed by atoms with E-state index in [1.54, 1.807) is 41.5 Å². The van der Waals surface area contributed by atoms with Gasteiger partial charge in [0.25, 0.3) is 5.91 Å². The minimum Gasteiger partial charge on any atom is -0.480 e. The lowest BCUT2D eigenvalue weighted by molar-refractivity contribution is 0.0560. The topological polar surface area (TPSA) is 157 Å². The number of carbonyl (C=O) groups is 2. The van der Waals surface area contributed by atoms with Gasteiger partial charge in [0.15, 0.2) is 0 Å². The molecule has 2 amide bonds. The van der Waals surface area contributed by atoms with Gasteiger partial charge in [0.1, 0.15) is 44.7 Å². The monoisotopic (exact) mass is 575 g/mol. The number of alkyl carbamates (subject to hydrolysis) is 1. The van der Waals surface area contributed by atoms with E-state index >= 15 is 4.39 Å². The van der Waals surface area contributed by atoms with Gasteiger partial charge in [0.2, 0.25) is 5.88 Å². The normalized spacial score (nSPS) is 25.5. The first-order valence-corrected chi connectivity index (χ1v) is 14.3. The second-order valence-electron chi connectivity index (χ2n) is 11.2. The molecule has 216 valence electrons. The van der Waals surface area contributed by atoms with Crippen LogP contribution in [0.25, 0.3) is 0 Å².